The van der Waals surface area contributed by atoms with Crippen molar-refractivity contribution in [3.63, 3.8) is 0 Å². The number of rotatable bonds is 2. The summed E-state index contributed by atoms with van der Waals surface area (Å²) in [5.74, 6) is 1.55. The lowest BCUT2D eigenvalue weighted by molar-refractivity contribution is -0.133. The molecule has 2 heterocycles. The minimum Gasteiger partial charge on any atom is -0.274 e. The number of carbonyl (C=O) groups excluding carboxylic acids is 2. The molecule has 15 heavy (non-hydrogen) atoms. The molecule has 2 rings (SSSR count). The lowest BCUT2D eigenvalue weighted by Crippen LogP contribution is -2.34. The number of amides is 2. The summed E-state index contributed by atoms with van der Waals surface area (Å²) in [5, 5.41) is 0.413. The largest absolute Gasteiger partial charge is 0.274 e. The fourth-order valence-corrected chi connectivity index (χ4v) is 3.37. The van der Waals surface area contributed by atoms with Crippen molar-refractivity contribution in [2.24, 2.45) is 4.99 Å². The molecule has 0 spiro atoms. The Morgan fingerprint density at radius 2 is 2.40 bits per heavy atom. The van der Waals surface area contributed by atoms with Gasteiger partial charge in [0.15, 0.2) is 5.17 Å². The van der Waals surface area contributed by atoms with Crippen LogP contribution in [-0.2, 0) is 9.59 Å². The van der Waals surface area contributed by atoms with E-state index in [2.05, 4.69) is 4.99 Å². The number of carbonyl (C=O) groups is 2. The zero-order valence-electron chi connectivity index (χ0n) is 8.43. The normalized spacial score (nSPS) is 26.3. The highest BCUT2D eigenvalue weighted by Gasteiger charge is 2.41. The highest BCUT2D eigenvalue weighted by atomic mass is 32.2. The number of nitrogens with zero attached hydrogens (tertiary/aromatic N) is 2. The summed E-state index contributed by atoms with van der Waals surface area (Å²) < 4.78 is 0. The van der Waals surface area contributed by atoms with Crippen LogP contribution in [0.4, 0.5) is 0 Å². The van der Waals surface area contributed by atoms with E-state index in [-0.39, 0.29) is 17.1 Å². The average molecular weight is 244 g/mol. The molecule has 2 aliphatic rings. The van der Waals surface area contributed by atoms with Gasteiger partial charge in [0, 0.05) is 12.2 Å². The number of thioether (sulfide) groups is 2. The quantitative estimate of drug-likeness (QED) is 0.679. The summed E-state index contributed by atoms with van der Waals surface area (Å²) in [4.78, 5) is 29.0. The van der Waals surface area contributed by atoms with Crippen molar-refractivity contribution in [1.82, 2.24) is 4.90 Å². The second-order valence-electron chi connectivity index (χ2n) is 3.23. The molecule has 82 valence electrons. The molecule has 1 unspecified atom stereocenters. The first-order chi connectivity index (χ1) is 7.24. The summed E-state index contributed by atoms with van der Waals surface area (Å²) in [6.07, 6.45) is 0.330. The SMILES string of the molecule is CCSC1CC(=O)N(C2=NCCS2)C1=O. The highest BCUT2D eigenvalue weighted by Crippen LogP contribution is 2.28. The predicted octanol–water partition coefficient (Wildman–Crippen LogP) is 0.970. The Kier molecular flexibility index (Phi) is 3.35. The molecule has 6 heteroatoms. The molecular weight excluding hydrogens is 232 g/mol. The molecule has 0 aromatic heterocycles. The Labute approximate surface area is 96.9 Å². The van der Waals surface area contributed by atoms with Crippen LogP contribution in [0.25, 0.3) is 0 Å². The van der Waals surface area contributed by atoms with Crippen LogP contribution < -0.4 is 0 Å². The lowest BCUT2D eigenvalue weighted by Gasteiger charge is -2.12. The van der Waals surface area contributed by atoms with Crippen LogP contribution in [0.2, 0.25) is 0 Å². The third-order valence-electron chi connectivity index (χ3n) is 2.23. The molecule has 2 aliphatic heterocycles. The van der Waals surface area contributed by atoms with Crippen LogP contribution in [-0.4, -0.2) is 45.2 Å². The molecule has 0 N–H and O–H groups in total. The van der Waals surface area contributed by atoms with Gasteiger partial charge in [-0.2, -0.15) is 0 Å². The summed E-state index contributed by atoms with van der Waals surface area (Å²) in [6.45, 7) is 2.70. The number of hydrogen-bond acceptors (Lipinski definition) is 5. The van der Waals surface area contributed by atoms with Crippen molar-refractivity contribution >= 4 is 40.5 Å². The second-order valence-corrected chi connectivity index (χ2v) is 5.77. The van der Waals surface area contributed by atoms with E-state index in [1.807, 2.05) is 6.92 Å². The highest BCUT2D eigenvalue weighted by molar-refractivity contribution is 8.14. The van der Waals surface area contributed by atoms with Gasteiger partial charge < -0.3 is 0 Å². The maximum atomic E-state index is 11.9. The molecule has 0 bridgehead atoms. The fourth-order valence-electron chi connectivity index (χ4n) is 1.60. The molecule has 1 fully saturated rings. The number of amidine groups is 1. The van der Waals surface area contributed by atoms with Crippen molar-refractivity contribution in [3.8, 4) is 0 Å². The van der Waals surface area contributed by atoms with E-state index in [9.17, 15) is 9.59 Å². The molecule has 0 aromatic rings. The van der Waals surface area contributed by atoms with Crippen molar-refractivity contribution in [1.29, 1.82) is 0 Å². The molecule has 0 aromatic carbocycles. The first-order valence-corrected chi connectivity index (χ1v) is 6.93. The van der Waals surface area contributed by atoms with E-state index in [0.29, 0.717) is 18.1 Å². The van der Waals surface area contributed by atoms with Crippen LogP contribution in [0.15, 0.2) is 4.99 Å². The molecule has 0 aliphatic carbocycles. The van der Waals surface area contributed by atoms with Crippen LogP contribution in [0.3, 0.4) is 0 Å². The molecular formula is C9H12N2O2S2. The van der Waals surface area contributed by atoms with Gasteiger partial charge in [0.1, 0.15) is 0 Å². The maximum absolute atomic E-state index is 11.9. The fraction of sp³-hybridized carbons (Fsp3) is 0.667. The smallest absolute Gasteiger partial charge is 0.249 e. The summed E-state index contributed by atoms with van der Waals surface area (Å²) in [7, 11) is 0. The molecule has 0 radical (unpaired) electrons. The molecule has 4 nitrogen and oxygen atoms in total. The van der Waals surface area contributed by atoms with Gasteiger partial charge in [-0.15, -0.1) is 11.8 Å². The molecule has 2 amide bonds. The average Bonchev–Trinajstić information content (AvgIpc) is 2.77. The number of aliphatic imine (C=N–C) groups is 1. The summed E-state index contributed by atoms with van der Waals surface area (Å²) in [5.41, 5.74) is 0. The summed E-state index contributed by atoms with van der Waals surface area (Å²) >= 11 is 3.03. The first kappa shape index (κ1) is 11.0. The lowest BCUT2D eigenvalue weighted by atomic mass is 10.4. The second kappa shape index (κ2) is 4.57. The maximum Gasteiger partial charge on any atom is 0.249 e. The van der Waals surface area contributed by atoms with Gasteiger partial charge in [-0.05, 0) is 5.75 Å². The van der Waals surface area contributed by atoms with E-state index in [1.54, 1.807) is 0 Å². The molecule has 1 saturated heterocycles. The number of likely N-dealkylation sites (tertiary alicyclic amines) is 1. The Hall–Kier alpha value is -0.490. The standard InChI is InChI=1S/C9H12N2O2S2/c1-2-14-6-5-7(12)11(8(6)13)9-10-3-4-15-9/h6H,2-5H2,1H3. The van der Waals surface area contributed by atoms with Crippen molar-refractivity contribution in [3.05, 3.63) is 0 Å². The van der Waals surface area contributed by atoms with Crippen molar-refractivity contribution in [2.45, 2.75) is 18.6 Å². The van der Waals surface area contributed by atoms with Gasteiger partial charge in [-0.3, -0.25) is 14.6 Å². The monoisotopic (exact) mass is 244 g/mol. The van der Waals surface area contributed by atoms with Crippen molar-refractivity contribution < 1.29 is 9.59 Å². The predicted molar refractivity (Wildman–Crippen MR) is 63.2 cm³/mol. The van der Waals surface area contributed by atoms with E-state index in [4.69, 9.17) is 0 Å². The van der Waals surface area contributed by atoms with Gasteiger partial charge in [-0.1, -0.05) is 18.7 Å². The van der Waals surface area contributed by atoms with Crippen LogP contribution in [0.1, 0.15) is 13.3 Å². The minimum atomic E-state index is -0.189. The zero-order chi connectivity index (χ0) is 10.8. The van der Waals surface area contributed by atoms with Gasteiger partial charge >= 0.3 is 0 Å². The van der Waals surface area contributed by atoms with Gasteiger partial charge in [0.25, 0.3) is 0 Å². The number of hydrogen-bond donors (Lipinski definition) is 0. The van der Waals surface area contributed by atoms with Crippen LogP contribution >= 0.6 is 23.5 Å². The number of imide groups is 1. The molecule has 0 saturated carbocycles. The first-order valence-electron chi connectivity index (χ1n) is 4.89. The third kappa shape index (κ3) is 2.06. The van der Waals surface area contributed by atoms with Crippen molar-refractivity contribution in [2.75, 3.05) is 18.1 Å². The Bertz CT molecular complexity index is 330. The van der Waals surface area contributed by atoms with Crippen LogP contribution in [0.5, 0.6) is 0 Å². The third-order valence-corrected chi connectivity index (χ3v) is 4.29. The molecule has 1 atom stereocenters. The van der Waals surface area contributed by atoms with Crippen LogP contribution in [0, 0.1) is 0 Å². The van der Waals surface area contributed by atoms with Gasteiger partial charge in [0.05, 0.1) is 11.8 Å². The Morgan fingerprint density at radius 3 is 3.00 bits per heavy atom. The van der Waals surface area contributed by atoms with E-state index >= 15 is 0 Å². The van der Waals surface area contributed by atoms with Gasteiger partial charge in [0.2, 0.25) is 11.8 Å². The van der Waals surface area contributed by atoms with E-state index in [0.717, 1.165) is 11.5 Å². The minimum absolute atomic E-state index is 0.0833. The Balaban J connectivity index is 2.12. The van der Waals surface area contributed by atoms with Gasteiger partial charge in [-0.25, -0.2) is 4.90 Å². The van der Waals surface area contributed by atoms with E-state index in [1.165, 1.54) is 28.4 Å². The zero-order valence-corrected chi connectivity index (χ0v) is 10.1. The van der Waals surface area contributed by atoms with E-state index < -0.39 is 0 Å². The topological polar surface area (TPSA) is 49.7 Å². The summed E-state index contributed by atoms with van der Waals surface area (Å²) in [6, 6.07) is 0. The Morgan fingerprint density at radius 1 is 1.60 bits per heavy atom.